The Bertz CT molecular complexity index is 621. The maximum atomic E-state index is 13.1. The van der Waals surface area contributed by atoms with E-state index in [1.54, 1.807) is 13.0 Å². The zero-order valence-corrected chi connectivity index (χ0v) is 11.2. The van der Waals surface area contributed by atoms with Gasteiger partial charge in [0.25, 0.3) is 0 Å². The lowest BCUT2D eigenvalue weighted by atomic mass is 9.95. The summed E-state index contributed by atoms with van der Waals surface area (Å²) in [4.78, 5) is 0. The number of rotatable bonds is 3. The molecule has 0 amide bonds. The number of halogens is 4. The van der Waals surface area contributed by atoms with Crippen molar-refractivity contribution in [2.24, 2.45) is 5.84 Å². The van der Waals surface area contributed by atoms with Crippen molar-refractivity contribution in [2.75, 3.05) is 0 Å². The summed E-state index contributed by atoms with van der Waals surface area (Å²) in [7, 11) is 0. The van der Waals surface area contributed by atoms with Gasteiger partial charge in [-0.05, 0) is 47.9 Å². The van der Waals surface area contributed by atoms with E-state index in [1.165, 1.54) is 24.3 Å². The van der Waals surface area contributed by atoms with Crippen LogP contribution in [0.15, 0.2) is 42.5 Å². The summed E-state index contributed by atoms with van der Waals surface area (Å²) < 4.78 is 50.8. The molecule has 0 saturated heterocycles. The molecule has 0 heterocycles. The van der Waals surface area contributed by atoms with Crippen LogP contribution in [-0.4, -0.2) is 0 Å². The second-order valence-electron chi connectivity index (χ2n) is 4.72. The maximum Gasteiger partial charge on any atom is 0.416 e. The number of benzene rings is 2. The molecule has 0 spiro atoms. The first-order valence-electron chi connectivity index (χ1n) is 6.22. The van der Waals surface area contributed by atoms with E-state index in [1.807, 2.05) is 0 Å². The molecule has 0 aliphatic heterocycles. The summed E-state index contributed by atoms with van der Waals surface area (Å²) in [6.07, 6.45) is -4.38. The molecule has 0 aromatic heterocycles. The summed E-state index contributed by atoms with van der Waals surface area (Å²) >= 11 is 0. The lowest BCUT2D eigenvalue weighted by molar-refractivity contribution is -0.137. The van der Waals surface area contributed by atoms with Crippen LogP contribution in [0.2, 0.25) is 0 Å². The Kier molecular flexibility index (Phi) is 4.29. The summed E-state index contributed by atoms with van der Waals surface area (Å²) in [5, 5.41) is 0. The van der Waals surface area contributed by atoms with Crippen molar-refractivity contribution in [3.8, 4) is 0 Å². The van der Waals surface area contributed by atoms with Crippen molar-refractivity contribution in [3.63, 3.8) is 0 Å². The van der Waals surface area contributed by atoms with Gasteiger partial charge in [0, 0.05) is 0 Å². The summed E-state index contributed by atoms with van der Waals surface area (Å²) in [5.41, 5.74) is 3.77. The van der Waals surface area contributed by atoms with E-state index in [2.05, 4.69) is 5.43 Å². The molecule has 21 heavy (non-hydrogen) atoms. The Balaban J connectivity index is 2.37. The fourth-order valence-electron chi connectivity index (χ4n) is 2.19. The highest BCUT2D eigenvalue weighted by Crippen LogP contribution is 2.31. The second-order valence-corrected chi connectivity index (χ2v) is 4.72. The molecule has 0 fully saturated rings. The van der Waals surface area contributed by atoms with E-state index in [0.717, 1.165) is 12.1 Å². The van der Waals surface area contributed by atoms with Crippen LogP contribution >= 0.6 is 0 Å². The van der Waals surface area contributed by atoms with Crippen LogP contribution in [0, 0.1) is 12.7 Å². The number of nitrogens with two attached hydrogens (primary N) is 1. The topological polar surface area (TPSA) is 38.0 Å². The lowest BCUT2D eigenvalue weighted by Gasteiger charge is -2.19. The third-order valence-corrected chi connectivity index (χ3v) is 3.28. The van der Waals surface area contributed by atoms with E-state index < -0.39 is 17.8 Å². The molecule has 112 valence electrons. The minimum atomic E-state index is -4.38. The first-order valence-corrected chi connectivity index (χ1v) is 6.22. The molecule has 2 aromatic carbocycles. The predicted molar refractivity (Wildman–Crippen MR) is 71.7 cm³/mol. The third-order valence-electron chi connectivity index (χ3n) is 3.28. The molecule has 0 bridgehead atoms. The fourth-order valence-corrected chi connectivity index (χ4v) is 2.19. The molecule has 0 aliphatic rings. The van der Waals surface area contributed by atoms with Crippen LogP contribution in [0.3, 0.4) is 0 Å². The highest BCUT2D eigenvalue weighted by Gasteiger charge is 2.30. The first kappa shape index (κ1) is 15.5. The van der Waals surface area contributed by atoms with Crippen LogP contribution in [0.4, 0.5) is 17.6 Å². The van der Waals surface area contributed by atoms with E-state index in [9.17, 15) is 17.6 Å². The van der Waals surface area contributed by atoms with Gasteiger partial charge in [-0.3, -0.25) is 5.84 Å². The predicted octanol–water partition coefficient (Wildman–Crippen LogP) is 3.71. The molecular weight excluding hydrogens is 284 g/mol. The molecule has 2 aromatic rings. The van der Waals surface area contributed by atoms with Gasteiger partial charge < -0.3 is 0 Å². The van der Waals surface area contributed by atoms with Gasteiger partial charge in [0.15, 0.2) is 0 Å². The van der Waals surface area contributed by atoms with E-state index in [4.69, 9.17) is 5.84 Å². The van der Waals surface area contributed by atoms with Crippen molar-refractivity contribution >= 4 is 0 Å². The van der Waals surface area contributed by atoms with Gasteiger partial charge in [0.1, 0.15) is 5.82 Å². The number of hydrogen-bond donors (Lipinski definition) is 2. The van der Waals surface area contributed by atoms with Gasteiger partial charge in [-0.1, -0.05) is 18.2 Å². The first-order chi connectivity index (χ1) is 9.82. The van der Waals surface area contributed by atoms with Crippen molar-refractivity contribution in [1.29, 1.82) is 0 Å². The fraction of sp³-hybridized carbons (Fsp3) is 0.200. The van der Waals surface area contributed by atoms with Gasteiger partial charge in [-0.2, -0.15) is 13.2 Å². The molecule has 1 atom stereocenters. The van der Waals surface area contributed by atoms with Gasteiger partial charge >= 0.3 is 6.18 Å². The van der Waals surface area contributed by atoms with E-state index >= 15 is 0 Å². The van der Waals surface area contributed by atoms with Crippen molar-refractivity contribution in [1.82, 2.24) is 5.43 Å². The number of alkyl halides is 3. The third kappa shape index (κ3) is 3.40. The smallest absolute Gasteiger partial charge is 0.271 e. The Morgan fingerprint density at radius 2 is 1.67 bits per heavy atom. The van der Waals surface area contributed by atoms with Crippen LogP contribution in [0.25, 0.3) is 0 Å². The molecule has 1 unspecified atom stereocenters. The molecule has 2 nitrogen and oxygen atoms in total. The number of hydrazine groups is 1. The molecular formula is C15H14F4N2. The van der Waals surface area contributed by atoms with Gasteiger partial charge in [0.2, 0.25) is 0 Å². The van der Waals surface area contributed by atoms with Crippen LogP contribution < -0.4 is 11.3 Å². The Hall–Kier alpha value is -1.92. The zero-order chi connectivity index (χ0) is 15.6. The minimum absolute atomic E-state index is 0.376. The highest BCUT2D eigenvalue weighted by atomic mass is 19.4. The number of nitrogens with one attached hydrogen (secondary N) is 1. The van der Waals surface area contributed by atoms with Gasteiger partial charge in [0.05, 0.1) is 11.6 Å². The Morgan fingerprint density at radius 1 is 1.05 bits per heavy atom. The van der Waals surface area contributed by atoms with Gasteiger partial charge in [-0.25, -0.2) is 9.82 Å². The Morgan fingerprint density at radius 3 is 2.14 bits per heavy atom. The van der Waals surface area contributed by atoms with Crippen molar-refractivity contribution in [3.05, 3.63) is 70.5 Å². The average molecular weight is 298 g/mol. The largest absolute Gasteiger partial charge is 0.416 e. The van der Waals surface area contributed by atoms with Crippen LogP contribution in [0.1, 0.15) is 28.3 Å². The van der Waals surface area contributed by atoms with Crippen LogP contribution in [0.5, 0.6) is 0 Å². The van der Waals surface area contributed by atoms with E-state index in [-0.39, 0.29) is 5.82 Å². The molecule has 0 saturated carbocycles. The molecule has 2 rings (SSSR count). The second kappa shape index (κ2) is 5.83. The number of aryl methyl sites for hydroxylation is 1. The zero-order valence-electron chi connectivity index (χ0n) is 11.2. The average Bonchev–Trinajstić information content (AvgIpc) is 2.41. The SMILES string of the molecule is Cc1cc(F)ccc1C(NN)c1ccc(C(F)(F)F)cc1. The molecule has 0 aliphatic carbocycles. The summed E-state index contributed by atoms with van der Waals surface area (Å²) in [6.45, 7) is 1.72. The van der Waals surface area contributed by atoms with Crippen LogP contribution in [-0.2, 0) is 6.18 Å². The normalized spacial score (nSPS) is 13.2. The monoisotopic (exact) mass is 298 g/mol. The Labute approximate surface area is 119 Å². The van der Waals surface area contributed by atoms with Crippen molar-refractivity contribution < 1.29 is 17.6 Å². The van der Waals surface area contributed by atoms with E-state index in [0.29, 0.717) is 16.7 Å². The molecule has 0 radical (unpaired) electrons. The summed E-state index contributed by atoms with van der Waals surface area (Å²) in [5.74, 6) is 5.13. The van der Waals surface area contributed by atoms with Crippen molar-refractivity contribution in [2.45, 2.75) is 19.1 Å². The maximum absolute atomic E-state index is 13.1. The standard InChI is InChI=1S/C15H14F4N2/c1-9-8-12(16)6-7-13(9)14(21-20)10-2-4-11(5-3-10)15(17,18)19/h2-8,14,21H,20H2,1H3. The van der Waals surface area contributed by atoms with Gasteiger partial charge in [-0.15, -0.1) is 0 Å². The lowest BCUT2D eigenvalue weighted by Crippen LogP contribution is -2.29. The summed E-state index contributed by atoms with van der Waals surface area (Å²) in [6, 6.07) is 8.41. The highest BCUT2D eigenvalue weighted by molar-refractivity contribution is 5.38. The quantitative estimate of drug-likeness (QED) is 0.515. The minimum Gasteiger partial charge on any atom is -0.271 e. The molecule has 3 N–H and O–H groups in total. The molecule has 6 heteroatoms. The number of hydrogen-bond acceptors (Lipinski definition) is 2.